The van der Waals surface area contributed by atoms with E-state index in [0.717, 1.165) is 17.8 Å². The van der Waals surface area contributed by atoms with Crippen LogP contribution in [0.1, 0.15) is 80.6 Å². The molecular weight excluding hydrogens is 192 g/mol. The fraction of sp³-hybridized carbons (Fsp3) is 1.00. The van der Waals surface area contributed by atoms with E-state index in [1.54, 1.807) is 0 Å². The molecule has 98 valence electrons. The molecule has 0 aromatic rings. The molecule has 2 unspecified atom stereocenters. The van der Waals surface area contributed by atoms with Crippen molar-refractivity contribution in [3.05, 3.63) is 0 Å². The van der Waals surface area contributed by atoms with Crippen LogP contribution in [0.15, 0.2) is 0 Å². The summed E-state index contributed by atoms with van der Waals surface area (Å²) in [7, 11) is 0. The maximum Gasteiger partial charge on any atom is -0.0354 e. The molecule has 0 heterocycles. The largest absolute Gasteiger partial charge is 0.0651 e. The molecule has 0 N–H and O–H groups in total. The minimum absolute atomic E-state index is 0.478. The van der Waals surface area contributed by atoms with Crippen LogP contribution in [0, 0.1) is 23.2 Å². The third-order valence-electron chi connectivity index (χ3n) is 4.38. The molecule has 0 aliphatic heterocycles. The highest BCUT2D eigenvalue weighted by atomic mass is 14.3. The van der Waals surface area contributed by atoms with Crippen molar-refractivity contribution in [3.8, 4) is 0 Å². The van der Waals surface area contributed by atoms with Crippen LogP contribution >= 0.6 is 0 Å². The fourth-order valence-electron chi connectivity index (χ4n) is 2.48. The summed E-state index contributed by atoms with van der Waals surface area (Å²) in [5.74, 6) is 2.72. The molecule has 0 aromatic carbocycles. The van der Waals surface area contributed by atoms with Crippen LogP contribution in [-0.4, -0.2) is 0 Å². The van der Waals surface area contributed by atoms with Gasteiger partial charge < -0.3 is 0 Å². The lowest BCUT2D eigenvalue weighted by Gasteiger charge is -2.35. The highest BCUT2D eigenvalue weighted by Crippen LogP contribution is 2.37. The first kappa shape index (κ1) is 16.0. The lowest BCUT2D eigenvalue weighted by atomic mass is 9.71. The summed E-state index contributed by atoms with van der Waals surface area (Å²) in [5.41, 5.74) is 0.478. The molecule has 0 saturated carbocycles. The second-order valence-corrected chi connectivity index (χ2v) is 6.73. The van der Waals surface area contributed by atoms with E-state index in [2.05, 4.69) is 48.5 Å². The predicted octanol–water partition coefficient (Wildman–Crippen LogP) is 5.91. The first-order chi connectivity index (χ1) is 7.35. The van der Waals surface area contributed by atoms with Crippen LogP contribution in [0.5, 0.6) is 0 Å². The number of hydrogen-bond donors (Lipinski definition) is 0. The first-order valence-electron chi connectivity index (χ1n) is 7.35. The Labute approximate surface area is 104 Å². The zero-order chi connectivity index (χ0) is 12.8. The third kappa shape index (κ3) is 5.92. The number of rotatable bonds is 7. The lowest BCUT2D eigenvalue weighted by molar-refractivity contribution is 0.157. The molecule has 16 heavy (non-hydrogen) atoms. The Morgan fingerprint density at radius 1 is 0.812 bits per heavy atom. The van der Waals surface area contributed by atoms with E-state index < -0.39 is 0 Å². The Morgan fingerprint density at radius 2 is 1.31 bits per heavy atom. The van der Waals surface area contributed by atoms with E-state index >= 15 is 0 Å². The summed E-state index contributed by atoms with van der Waals surface area (Å²) in [6, 6.07) is 0. The zero-order valence-corrected chi connectivity index (χ0v) is 12.8. The average molecular weight is 226 g/mol. The molecular formula is C16H34. The number of hydrogen-bond acceptors (Lipinski definition) is 0. The summed E-state index contributed by atoms with van der Waals surface area (Å²) < 4.78 is 0. The Bertz CT molecular complexity index is 159. The summed E-state index contributed by atoms with van der Waals surface area (Å²) >= 11 is 0. The molecule has 0 spiro atoms. The summed E-state index contributed by atoms with van der Waals surface area (Å²) in [5, 5.41) is 0. The van der Waals surface area contributed by atoms with E-state index in [9.17, 15) is 0 Å². The summed E-state index contributed by atoms with van der Waals surface area (Å²) in [6.45, 7) is 16.7. The minimum atomic E-state index is 0.478. The standard InChI is InChI=1S/C16H34/c1-8-13(4)11-15(16(5,6)7)12-14(9-2)10-3/h13-15H,8-12H2,1-7H3. The maximum absolute atomic E-state index is 2.42. The normalized spacial score (nSPS) is 16.5. The van der Waals surface area contributed by atoms with Crippen LogP contribution < -0.4 is 0 Å². The van der Waals surface area contributed by atoms with Gasteiger partial charge in [-0.1, -0.05) is 67.7 Å². The van der Waals surface area contributed by atoms with E-state index in [0.29, 0.717) is 5.41 Å². The highest BCUT2D eigenvalue weighted by Gasteiger charge is 2.27. The Balaban J connectivity index is 4.43. The second kappa shape index (κ2) is 7.35. The SMILES string of the molecule is CCC(C)CC(CC(CC)CC)C(C)(C)C. The summed E-state index contributed by atoms with van der Waals surface area (Å²) in [4.78, 5) is 0. The van der Waals surface area contributed by atoms with E-state index in [-0.39, 0.29) is 0 Å². The van der Waals surface area contributed by atoms with Crippen molar-refractivity contribution in [3.63, 3.8) is 0 Å². The van der Waals surface area contributed by atoms with Gasteiger partial charge in [0.2, 0.25) is 0 Å². The highest BCUT2D eigenvalue weighted by molar-refractivity contribution is 4.78. The van der Waals surface area contributed by atoms with Gasteiger partial charge in [0.25, 0.3) is 0 Å². The molecule has 0 radical (unpaired) electrons. The van der Waals surface area contributed by atoms with Gasteiger partial charge >= 0.3 is 0 Å². The molecule has 0 aliphatic carbocycles. The predicted molar refractivity (Wildman–Crippen MR) is 75.7 cm³/mol. The Kier molecular flexibility index (Phi) is 7.35. The zero-order valence-electron chi connectivity index (χ0n) is 12.8. The van der Waals surface area contributed by atoms with Gasteiger partial charge in [0.1, 0.15) is 0 Å². The average Bonchev–Trinajstić information content (AvgIpc) is 2.22. The van der Waals surface area contributed by atoms with Gasteiger partial charge in [0.15, 0.2) is 0 Å². The van der Waals surface area contributed by atoms with Crippen LogP contribution in [-0.2, 0) is 0 Å². The van der Waals surface area contributed by atoms with Crippen LogP contribution in [0.2, 0.25) is 0 Å². The minimum Gasteiger partial charge on any atom is -0.0651 e. The van der Waals surface area contributed by atoms with Crippen molar-refractivity contribution in [1.29, 1.82) is 0 Å². The van der Waals surface area contributed by atoms with Crippen molar-refractivity contribution < 1.29 is 0 Å². The van der Waals surface area contributed by atoms with Crippen LogP contribution in [0.3, 0.4) is 0 Å². The molecule has 0 amide bonds. The van der Waals surface area contributed by atoms with Gasteiger partial charge in [-0.15, -0.1) is 0 Å². The Morgan fingerprint density at radius 3 is 1.62 bits per heavy atom. The molecule has 0 nitrogen and oxygen atoms in total. The quantitative estimate of drug-likeness (QED) is 0.506. The summed E-state index contributed by atoms with van der Waals surface area (Å²) in [6.07, 6.45) is 6.88. The van der Waals surface area contributed by atoms with Gasteiger partial charge in [-0.25, -0.2) is 0 Å². The molecule has 0 fully saturated rings. The van der Waals surface area contributed by atoms with Gasteiger partial charge in [-0.05, 0) is 36.0 Å². The van der Waals surface area contributed by atoms with Gasteiger partial charge in [0.05, 0.1) is 0 Å². The van der Waals surface area contributed by atoms with Crippen LogP contribution in [0.25, 0.3) is 0 Å². The van der Waals surface area contributed by atoms with Crippen LogP contribution in [0.4, 0.5) is 0 Å². The molecule has 0 rings (SSSR count). The molecule has 0 aromatic heterocycles. The maximum atomic E-state index is 2.42. The van der Waals surface area contributed by atoms with Crippen molar-refractivity contribution in [2.24, 2.45) is 23.2 Å². The second-order valence-electron chi connectivity index (χ2n) is 6.73. The van der Waals surface area contributed by atoms with Crippen molar-refractivity contribution in [2.45, 2.75) is 80.6 Å². The Hall–Kier alpha value is 0. The van der Waals surface area contributed by atoms with Crippen molar-refractivity contribution >= 4 is 0 Å². The van der Waals surface area contributed by atoms with Gasteiger partial charge in [-0.2, -0.15) is 0 Å². The van der Waals surface area contributed by atoms with Gasteiger partial charge in [0, 0.05) is 0 Å². The topological polar surface area (TPSA) is 0 Å². The molecule has 0 aliphatic rings. The fourth-order valence-corrected chi connectivity index (χ4v) is 2.48. The van der Waals surface area contributed by atoms with Gasteiger partial charge in [-0.3, -0.25) is 0 Å². The van der Waals surface area contributed by atoms with E-state index in [1.165, 1.54) is 32.1 Å². The lowest BCUT2D eigenvalue weighted by Crippen LogP contribution is -2.25. The molecule has 0 heteroatoms. The van der Waals surface area contributed by atoms with Crippen molar-refractivity contribution in [1.82, 2.24) is 0 Å². The first-order valence-corrected chi connectivity index (χ1v) is 7.35. The molecule has 0 saturated heterocycles. The van der Waals surface area contributed by atoms with E-state index in [1.807, 2.05) is 0 Å². The monoisotopic (exact) mass is 226 g/mol. The van der Waals surface area contributed by atoms with Crippen molar-refractivity contribution in [2.75, 3.05) is 0 Å². The molecule has 2 atom stereocenters. The smallest absolute Gasteiger partial charge is 0.0354 e. The van der Waals surface area contributed by atoms with E-state index in [4.69, 9.17) is 0 Å². The molecule has 0 bridgehead atoms. The third-order valence-corrected chi connectivity index (χ3v) is 4.38.